The van der Waals surface area contributed by atoms with Crippen molar-refractivity contribution in [2.45, 2.75) is 6.92 Å². The first kappa shape index (κ1) is 15.1. The van der Waals surface area contributed by atoms with Crippen LogP contribution in [0.4, 0.5) is 5.69 Å². The van der Waals surface area contributed by atoms with Crippen molar-refractivity contribution in [3.63, 3.8) is 0 Å². The van der Waals surface area contributed by atoms with E-state index in [1.54, 1.807) is 42.5 Å². The summed E-state index contributed by atoms with van der Waals surface area (Å²) in [4.78, 5) is 24.8. The molecule has 0 fully saturated rings. The van der Waals surface area contributed by atoms with Gasteiger partial charge in [0.15, 0.2) is 0 Å². The lowest BCUT2D eigenvalue weighted by atomic mass is 10.1. The highest BCUT2D eigenvalue weighted by atomic mass is 35.5. The Morgan fingerprint density at radius 2 is 1.86 bits per heavy atom. The summed E-state index contributed by atoms with van der Waals surface area (Å²) in [5, 5.41) is 9.48. The lowest BCUT2D eigenvalue weighted by Crippen LogP contribution is -2.35. The highest BCUT2D eigenvalue weighted by Gasteiger charge is 2.20. The summed E-state index contributed by atoms with van der Waals surface area (Å²) in [6.07, 6.45) is 0. The molecule has 0 bridgehead atoms. The maximum absolute atomic E-state index is 12.6. The minimum absolute atomic E-state index is 0.372. The van der Waals surface area contributed by atoms with Crippen molar-refractivity contribution in [2.24, 2.45) is 0 Å². The van der Waals surface area contributed by atoms with E-state index in [-0.39, 0.29) is 5.91 Å². The first-order valence-corrected chi connectivity index (χ1v) is 6.71. The molecule has 108 valence electrons. The molecule has 2 aromatic rings. The first-order chi connectivity index (χ1) is 9.97. The summed E-state index contributed by atoms with van der Waals surface area (Å²) in [7, 11) is 0. The summed E-state index contributed by atoms with van der Waals surface area (Å²) in [6, 6.07) is 13.6. The summed E-state index contributed by atoms with van der Waals surface area (Å²) in [5.74, 6) is -1.46. The third-order valence-corrected chi connectivity index (χ3v) is 3.16. The van der Waals surface area contributed by atoms with Crippen molar-refractivity contribution in [1.82, 2.24) is 0 Å². The van der Waals surface area contributed by atoms with Crippen molar-refractivity contribution in [2.75, 3.05) is 11.4 Å². The normalized spacial score (nSPS) is 10.2. The summed E-state index contributed by atoms with van der Waals surface area (Å²) in [5.41, 5.74) is 1.83. The summed E-state index contributed by atoms with van der Waals surface area (Å²) in [6.45, 7) is 1.45. The van der Waals surface area contributed by atoms with E-state index in [2.05, 4.69) is 0 Å². The molecule has 0 spiro atoms. The molecule has 0 unspecified atom stereocenters. The van der Waals surface area contributed by atoms with E-state index >= 15 is 0 Å². The van der Waals surface area contributed by atoms with E-state index in [0.29, 0.717) is 16.3 Å². The Balaban J connectivity index is 2.40. The van der Waals surface area contributed by atoms with Crippen LogP contribution >= 0.6 is 11.6 Å². The van der Waals surface area contributed by atoms with Gasteiger partial charge in [0.05, 0.1) is 0 Å². The fourth-order valence-corrected chi connectivity index (χ4v) is 2.18. The minimum atomic E-state index is -1.09. The molecule has 0 aliphatic rings. The van der Waals surface area contributed by atoms with Gasteiger partial charge in [-0.1, -0.05) is 35.4 Å². The maximum Gasteiger partial charge on any atom is 0.323 e. The van der Waals surface area contributed by atoms with Gasteiger partial charge >= 0.3 is 5.97 Å². The number of rotatable bonds is 4. The Labute approximate surface area is 127 Å². The molecule has 0 radical (unpaired) electrons. The van der Waals surface area contributed by atoms with Crippen LogP contribution in [0.2, 0.25) is 5.02 Å². The van der Waals surface area contributed by atoms with Gasteiger partial charge in [0, 0.05) is 16.3 Å². The molecule has 0 aliphatic heterocycles. The van der Waals surface area contributed by atoms with Crippen LogP contribution in [0.1, 0.15) is 15.9 Å². The Morgan fingerprint density at radius 1 is 1.14 bits per heavy atom. The number of hydrogen-bond acceptors (Lipinski definition) is 2. The number of amides is 1. The standard InChI is InChI=1S/C16H14ClNO3/c1-11-4-2-5-12(8-11)16(21)18(10-15(19)20)14-7-3-6-13(17)9-14/h2-9H,10H2,1H3,(H,19,20). The lowest BCUT2D eigenvalue weighted by Gasteiger charge is -2.21. The van der Waals surface area contributed by atoms with E-state index in [4.69, 9.17) is 16.7 Å². The van der Waals surface area contributed by atoms with Gasteiger partial charge in [0.2, 0.25) is 0 Å². The average Bonchev–Trinajstić information content (AvgIpc) is 2.44. The van der Waals surface area contributed by atoms with Crippen molar-refractivity contribution in [3.8, 4) is 0 Å². The second-order valence-corrected chi connectivity index (χ2v) is 5.07. The molecule has 21 heavy (non-hydrogen) atoms. The Hall–Kier alpha value is -2.33. The minimum Gasteiger partial charge on any atom is -0.480 e. The molecule has 5 heteroatoms. The number of nitrogens with zero attached hydrogens (tertiary/aromatic N) is 1. The number of carboxylic acid groups (broad SMARTS) is 1. The third kappa shape index (κ3) is 3.83. The second kappa shape index (κ2) is 6.41. The van der Waals surface area contributed by atoms with Crippen molar-refractivity contribution < 1.29 is 14.7 Å². The monoisotopic (exact) mass is 303 g/mol. The lowest BCUT2D eigenvalue weighted by molar-refractivity contribution is -0.135. The number of carbonyl (C=O) groups is 2. The number of anilines is 1. The topological polar surface area (TPSA) is 57.6 Å². The van der Waals surface area contributed by atoms with Crippen LogP contribution in [-0.4, -0.2) is 23.5 Å². The highest BCUT2D eigenvalue weighted by Crippen LogP contribution is 2.21. The fraction of sp³-hybridized carbons (Fsp3) is 0.125. The van der Waals surface area contributed by atoms with Crippen LogP contribution in [0.3, 0.4) is 0 Å². The number of carboxylic acids is 1. The van der Waals surface area contributed by atoms with E-state index < -0.39 is 12.5 Å². The molecule has 0 heterocycles. The van der Waals surface area contributed by atoms with Crippen LogP contribution in [0.5, 0.6) is 0 Å². The van der Waals surface area contributed by atoms with Gasteiger partial charge in [-0.15, -0.1) is 0 Å². The predicted octanol–water partition coefficient (Wildman–Crippen LogP) is 3.38. The number of aryl methyl sites for hydroxylation is 1. The Kier molecular flexibility index (Phi) is 4.60. The molecule has 0 aromatic heterocycles. The molecule has 0 aliphatic carbocycles. The second-order valence-electron chi connectivity index (χ2n) is 4.63. The zero-order valence-electron chi connectivity index (χ0n) is 11.4. The molecule has 0 saturated carbocycles. The smallest absolute Gasteiger partial charge is 0.323 e. The number of hydrogen-bond donors (Lipinski definition) is 1. The predicted molar refractivity (Wildman–Crippen MR) is 81.9 cm³/mol. The molecular weight excluding hydrogens is 290 g/mol. The van der Waals surface area contributed by atoms with E-state index in [1.165, 1.54) is 4.90 Å². The van der Waals surface area contributed by atoms with Crippen molar-refractivity contribution in [1.29, 1.82) is 0 Å². The van der Waals surface area contributed by atoms with Crippen LogP contribution in [0.25, 0.3) is 0 Å². The molecule has 2 aromatic carbocycles. The van der Waals surface area contributed by atoms with Gasteiger partial charge in [-0.2, -0.15) is 0 Å². The van der Waals surface area contributed by atoms with Crippen LogP contribution < -0.4 is 4.90 Å². The summed E-state index contributed by atoms with van der Waals surface area (Å²) >= 11 is 5.92. The fourth-order valence-electron chi connectivity index (χ4n) is 1.99. The molecule has 0 saturated heterocycles. The van der Waals surface area contributed by atoms with Gasteiger partial charge in [-0.05, 0) is 37.3 Å². The number of aliphatic carboxylic acids is 1. The zero-order valence-corrected chi connectivity index (χ0v) is 12.2. The van der Waals surface area contributed by atoms with Crippen LogP contribution in [0, 0.1) is 6.92 Å². The van der Waals surface area contributed by atoms with E-state index in [1.807, 2.05) is 13.0 Å². The molecule has 4 nitrogen and oxygen atoms in total. The Bertz CT molecular complexity index is 685. The van der Waals surface area contributed by atoms with Crippen molar-refractivity contribution in [3.05, 3.63) is 64.7 Å². The van der Waals surface area contributed by atoms with Crippen LogP contribution in [0.15, 0.2) is 48.5 Å². The molecule has 1 N–H and O–H groups in total. The first-order valence-electron chi connectivity index (χ1n) is 6.33. The molecule has 2 rings (SSSR count). The Morgan fingerprint density at radius 3 is 2.48 bits per heavy atom. The largest absolute Gasteiger partial charge is 0.480 e. The zero-order chi connectivity index (χ0) is 15.4. The average molecular weight is 304 g/mol. The molecule has 1 amide bonds. The quantitative estimate of drug-likeness (QED) is 0.942. The number of carbonyl (C=O) groups excluding carboxylic acids is 1. The van der Waals surface area contributed by atoms with Gasteiger partial charge in [-0.3, -0.25) is 14.5 Å². The van der Waals surface area contributed by atoms with Gasteiger partial charge in [0.25, 0.3) is 5.91 Å². The van der Waals surface area contributed by atoms with Gasteiger partial charge in [-0.25, -0.2) is 0 Å². The van der Waals surface area contributed by atoms with Crippen molar-refractivity contribution >= 4 is 29.2 Å². The SMILES string of the molecule is Cc1cccc(C(=O)N(CC(=O)O)c2cccc(Cl)c2)c1. The van der Waals surface area contributed by atoms with Gasteiger partial charge < -0.3 is 5.11 Å². The highest BCUT2D eigenvalue weighted by molar-refractivity contribution is 6.31. The van der Waals surface area contributed by atoms with Crippen LogP contribution in [-0.2, 0) is 4.79 Å². The molecular formula is C16H14ClNO3. The van der Waals surface area contributed by atoms with E-state index in [0.717, 1.165) is 5.56 Å². The summed E-state index contributed by atoms with van der Waals surface area (Å²) < 4.78 is 0. The van der Waals surface area contributed by atoms with E-state index in [9.17, 15) is 9.59 Å². The number of halogens is 1. The third-order valence-electron chi connectivity index (χ3n) is 2.92. The molecule has 0 atom stereocenters. The maximum atomic E-state index is 12.6. The van der Waals surface area contributed by atoms with Gasteiger partial charge in [0.1, 0.15) is 6.54 Å². The number of benzene rings is 2.